The Hall–Kier alpha value is -1.39. The summed E-state index contributed by atoms with van der Waals surface area (Å²) >= 11 is 0. The van der Waals surface area contributed by atoms with Crippen LogP contribution in [0.1, 0.15) is 24.8 Å². The van der Waals surface area contributed by atoms with Gasteiger partial charge in [0.05, 0.1) is 31.3 Å². The van der Waals surface area contributed by atoms with Crippen LogP contribution < -0.4 is 0 Å². The van der Waals surface area contributed by atoms with Gasteiger partial charge in [0, 0.05) is 6.54 Å². The molecule has 0 radical (unpaired) electrons. The number of rotatable bonds is 4. The fraction of sp³-hybridized carbons (Fsp3) is 0.533. The number of carbonyl (C=O) groups is 1. The largest absolute Gasteiger partial charge is 0.390 e. The lowest BCUT2D eigenvalue weighted by molar-refractivity contribution is -0.131. The van der Waals surface area contributed by atoms with Crippen LogP contribution in [0.2, 0.25) is 0 Å². The Morgan fingerprint density at radius 2 is 2.16 bits per heavy atom. The van der Waals surface area contributed by atoms with Crippen molar-refractivity contribution in [3.05, 3.63) is 35.9 Å². The molecule has 3 rings (SSSR count). The summed E-state index contributed by atoms with van der Waals surface area (Å²) < 4.78 is 5.77. The lowest BCUT2D eigenvalue weighted by Crippen LogP contribution is -2.50. The monoisotopic (exact) mass is 261 g/mol. The molecule has 0 bridgehead atoms. The van der Waals surface area contributed by atoms with E-state index >= 15 is 0 Å². The van der Waals surface area contributed by atoms with Gasteiger partial charge in [0.2, 0.25) is 5.91 Å². The minimum atomic E-state index is -0.585. The Bertz CT molecular complexity index is 462. The van der Waals surface area contributed by atoms with Crippen molar-refractivity contribution in [1.82, 2.24) is 4.90 Å². The summed E-state index contributed by atoms with van der Waals surface area (Å²) in [6, 6.07) is 9.96. The summed E-state index contributed by atoms with van der Waals surface area (Å²) in [7, 11) is 0. The van der Waals surface area contributed by atoms with Crippen LogP contribution in [0.5, 0.6) is 0 Å². The first kappa shape index (κ1) is 12.6. The van der Waals surface area contributed by atoms with E-state index in [0.29, 0.717) is 13.2 Å². The van der Waals surface area contributed by atoms with E-state index in [4.69, 9.17) is 4.74 Å². The molecule has 1 aromatic carbocycles. The molecule has 102 valence electrons. The molecular formula is C15H19NO3. The number of fused-ring (bicyclic) bond motifs is 1. The van der Waals surface area contributed by atoms with Gasteiger partial charge >= 0.3 is 0 Å². The van der Waals surface area contributed by atoms with Crippen LogP contribution in [-0.4, -0.2) is 40.7 Å². The third-order valence-corrected chi connectivity index (χ3v) is 4.28. The van der Waals surface area contributed by atoms with E-state index in [1.807, 2.05) is 35.2 Å². The second kappa shape index (κ2) is 4.94. The molecule has 4 nitrogen and oxygen atoms in total. The maximum atomic E-state index is 11.8. The highest BCUT2D eigenvalue weighted by atomic mass is 16.5. The number of nitrogens with zero attached hydrogens (tertiary/aromatic N) is 1. The van der Waals surface area contributed by atoms with Gasteiger partial charge in [-0.3, -0.25) is 4.79 Å². The summed E-state index contributed by atoms with van der Waals surface area (Å²) in [5, 5.41) is 10.2. The maximum Gasteiger partial charge on any atom is 0.225 e. The van der Waals surface area contributed by atoms with Crippen LogP contribution >= 0.6 is 0 Å². The van der Waals surface area contributed by atoms with E-state index in [0.717, 1.165) is 24.9 Å². The topological polar surface area (TPSA) is 49.8 Å². The molecule has 0 saturated carbocycles. The van der Waals surface area contributed by atoms with Gasteiger partial charge in [0.1, 0.15) is 0 Å². The number of amides is 1. The van der Waals surface area contributed by atoms with Gasteiger partial charge < -0.3 is 14.7 Å². The number of carbonyl (C=O) groups excluding carboxylic acids is 1. The molecule has 2 fully saturated rings. The number of ether oxygens (including phenoxy) is 1. The van der Waals surface area contributed by atoms with E-state index in [2.05, 4.69) is 0 Å². The van der Waals surface area contributed by atoms with Crippen molar-refractivity contribution in [1.29, 1.82) is 0 Å². The maximum absolute atomic E-state index is 11.8. The first-order chi connectivity index (χ1) is 9.22. The standard InChI is InChI=1S/C15H19NO3/c17-13-9-14(18)16-8-4-7-15(13,16)11-19-10-12-5-2-1-3-6-12/h1-3,5-6,13,17H,4,7-11H2. The number of benzene rings is 1. The van der Waals surface area contributed by atoms with Crippen LogP contribution in [0, 0.1) is 0 Å². The van der Waals surface area contributed by atoms with Crippen molar-refractivity contribution < 1.29 is 14.6 Å². The zero-order valence-electron chi connectivity index (χ0n) is 10.9. The molecule has 2 unspecified atom stereocenters. The van der Waals surface area contributed by atoms with Gasteiger partial charge in [-0.2, -0.15) is 0 Å². The number of hydrogen-bond acceptors (Lipinski definition) is 3. The van der Waals surface area contributed by atoms with Gasteiger partial charge in [0.15, 0.2) is 0 Å². The minimum Gasteiger partial charge on any atom is -0.390 e. The second-order valence-electron chi connectivity index (χ2n) is 5.45. The first-order valence-electron chi connectivity index (χ1n) is 6.82. The zero-order chi connectivity index (χ0) is 13.3. The molecule has 0 aromatic heterocycles. The second-order valence-corrected chi connectivity index (χ2v) is 5.45. The van der Waals surface area contributed by atoms with E-state index in [9.17, 15) is 9.90 Å². The van der Waals surface area contributed by atoms with Crippen molar-refractivity contribution in [3.8, 4) is 0 Å². The van der Waals surface area contributed by atoms with Crippen LogP contribution in [0.25, 0.3) is 0 Å². The van der Waals surface area contributed by atoms with Crippen LogP contribution in [0.15, 0.2) is 30.3 Å². The van der Waals surface area contributed by atoms with E-state index in [1.165, 1.54) is 0 Å². The normalized spacial score (nSPS) is 29.8. The molecule has 2 heterocycles. The van der Waals surface area contributed by atoms with Gasteiger partial charge in [-0.15, -0.1) is 0 Å². The van der Waals surface area contributed by atoms with Crippen molar-refractivity contribution in [3.63, 3.8) is 0 Å². The van der Waals surface area contributed by atoms with Crippen LogP contribution in [0.4, 0.5) is 0 Å². The molecule has 0 spiro atoms. The Morgan fingerprint density at radius 1 is 1.37 bits per heavy atom. The van der Waals surface area contributed by atoms with E-state index < -0.39 is 11.6 Å². The Labute approximate surface area is 113 Å². The Kier molecular flexibility index (Phi) is 3.29. The molecular weight excluding hydrogens is 242 g/mol. The Morgan fingerprint density at radius 3 is 2.95 bits per heavy atom. The number of aliphatic hydroxyl groups excluding tert-OH is 1. The summed E-state index contributed by atoms with van der Waals surface area (Å²) in [6.07, 6.45) is 1.46. The third kappa shape index (κ3) is 2.15. The quantitative estimate of drug-likeness (QED) is 0.889. The lowest BCUT2D eigenvalue weighted by atomic mass is 9.92. The average Bonchev–Trinajstić information content (AvgIpc) is 2.93. The number of hydrogen-bond donors (Lipinski definition) is 1. The van der Waals surface area contributed by atoms with E-state index in [1.54, 1.807) is 0 Å². The fourth-order valence-electron chi connectivity index (χ4n) is 3.25. The van der Waals surface area contributed by atoms with Crippen LogP contribution in [0.3, 0.4) is 0 Å². The van der Waals surface area contributed by atoms with Gasteiger partial charge in [0.25, 0.3) is 0 Å². The molecule has 2 aliphatic rings. The van der Waals surface area contributed by atoms with Gasteiger partial charge in [-0.1, -0.05) is 30.3 Å². The molecule has 2 saturated heterocycles. The summed E-state index contributed by atoms with van der Waals surface area (Å²) in [5.41, 5.74) is 0.647. The van der Waals surface area contributed by atoms with E-state index in [-0.39, 0.29) is 12.3 Å². The predicted octanol–water partition coefficient (Wildman–Crippen LogP) is 1.33. The molecule has 1 amide bonds. The zero-order valence-corrected chi connectivity index (χ0v) is 10.9. The van der Waals surface area contributed by atoms with Gasteiger partial charge in [-0.25, -0.2) is 0 Å². The number of aliphatic hydroxyl groups is 1. The molecule has 2 atom stereocenters. The Balaban J connectivity index is 1.64. The third-order valence-electron chi connectivity index (χ3n) is 4.28. The molecule has 1 N–H and O–H groups in total. The molecule has 19 heavy (non-hydrogen) atoms. The molecule has 0 aliphatic carbocycles. The first-order valence-corrected chi connectivity index (χ1v) is 6.82. The van der Waals surface area contributed by atoms with Crippen molar-refractivity contribution in [2.24, 2.45) is 0 Å². The average molecular weight is 261 g/mol. The summed E-state index contributed by atoms with van der Waals surface area (Å²) in [5.74, 6) is 0.0633. The summed E-state index contributed by atoms with van der Waals surface area (Å²) in [6.45, 7) is 1.71. The lowest BCUT2D eigenvalue weighted by Gasteiger charge is -2.34. The molecule has 2 aliphatic heterocycles. The highest BCUT2D eigenvalue weighted by Crippen LogP contribution is 2.40. The molecule has 4 heteroatoms. The van der Waals surface area contributed by atoms with Crippen LogP contribution in [-0.2, 0) is 16.1 Å². The highest BCUT2D eigenvalue weighted by Gasteiger charge is 2.54. The fourth-order valence-corrected chi connectivity index (χ4v) is 3.25. The highest BCUT2D eigenvalue weighted by molar-refractivity contribution is 5.81. The van der Waals surface area contributed by atoms with Gasteiger partial charge in [-0.05, 0) is 18.4 Å². The van der Waals surface area contributed by atoms with Crippen molar-refractivity contribution in [2.45, 2.75) is 37.5 Å². The minimum absolute atomic E-state index is 0.0633. The molecule has 1 aromatic rings. The summed E-state index contributed by atoms with van der Waals surface area (Å²) in [4.78, 5) is 13.6. The SMILES string of the molecule is O=C1CC(O)C2(COCc3ccccc3)CCCN12. The van der Waals surface area contributed by atoms with Crippen molar-refractivity contribution >= 4 is 5.91 Å². The smallest absolute Gasteiger partial charge is 0.225 e. The predicted molar refractivity (Wildman–Crippen MR) is 70.4 cm³/mol. The van der Waals surface area contributed by atoms with Crippen molar-refractivity contribution in [2.75, 3.05) is 13.2 Å².